The summed E-state index contributed by atoms with van der Waals surface area (Å²) in [5, 5.41) is 0. The molecule has 6 heteroatoms. The highest BCUT2D eigenvalue weighted by atomic mass is 79.9. The van der Waals surface area contributed by atoms with Crippen molar-refractivity contribution >= 4 is 33.7 Å². The van der Waals surface area contributed by atoms with E-state index < -0.39 is 0 Å². The Kier molecular flexibility index (Phi) is 4.60. The Hall–Kier alpha value is -1.17. The van der Waals surface area contributed by atoms with E-state index in [0.29, 0.717) is 24.7 Å². The number of carbonyl (C=O) groups is 3. The molecular formula is C24H31BrO5. The number of ether oxygens (including phenoxy) is 2. The fourth-order valence-corrected chi connectivity index (χ4v) is 9.49. The van der Waals surface area contributed by atoms with Gasteiger partial charge in [-0.15, -0.1) is 0 Å². The van der Waals surface area contributed by atoms with E-state index in [-0.39, 0.29) is 50.8 Å². The number of carbonyl (C=O) groups excluding carboxylic acids is 3. The molecule has 8 atom stereocenters. The molecule has 4 aliphatic carbocycles. The number of esters is 2. The first-order valence-electron chi connectivity index (χ1n) is 11.4. The summed E-state index contributed by atoms with van der Waals surface area (Å²) in [5.41, 5.74) is 0.517. The molecule has 164 valence electrons. The molecule has 1 heterocycles. The zero-order valence-corrected chi connectivity index (χ0v) is 19.6. The minimum Gasteiger partial charge on any atom is -0.469 e. The molecule has 0 aromatic carbocycles. The normalized spacial score (nSPS) is 49.7. The predicted molar refractivity (Wildman–Crippen MR) is 114 cm³/mol. The van der Waals surface area contributed by atoms with Crippen LogP contribution in [0.5, 0.6) is 0 Å². The summed E-state index contributed by atoms with van der Waals surface area (Å²) in [4.78, 5) is 37.3. The second kappa shape index (κ2) is 6.66. The van der Waals surface area contributed by atoms with Crippen LogP contribution in [0.3, 0.4) is 0 Å². The van der Waals surface area contributed by atoms with Crippen molar-refractivity contribution in [1.82, 2.24) is 0 Å². The number of hydrogen-bond donors (Lipinski definition) is 0. The van der Waals surface area contributed by atoms with Crippen LogP contribution in [0.15, 0.2) is 11.6 Å². The highest BCUT2D eigenvalue weighted by Crippen LogP contribution is 2.71. The summed E-state index contributed by atoms with van der Waals surface area (Å²) in [6.07, 6.45) is 8.40. The van der Waals surface area contributed by atoms with Crippen LogP contribution in [0.25, 0.3) is 0 Å². The molecule has 0 unspecified atom stereocenters. The molecule has 0 radical (unpaired) electrons. The summed E-state index contributed by atoms with van der Waals surface area (Å²) >= 11 is 3.86. The summed E-state index contributed by atoms with van der Waals surface area (Å²) in [6.45, 7) is 4.60. The zero-order valence-electron chi connectivity index (χ0n) is 18.0. The fourth-order valence-electron chi connectivity index (χ4n) is 8.27. The third-order valence-corrected chi connectivity index (χ3v) is 10.9. The largest absolute Gasteiger partial charge is 0.469 e. The van der Waals surface area contributed by atoms with E-state index in [9.17, 15) is 14.4 Å². The first-order valence-corrected chi connectivity index (χ1v) is 12.3. The Bertz CT molecular complexity index is 851. The number of allylic oxidation sites excluding steroid dienone is 1. The molecule has 0 bridgehead atoms. The van der Waals surface area contributed by atoms with E-state index in [1.54, 1.807) is 6.08 Å². The van der Waals surface area contributed by atoms with Gasteiger partial charge in [-0.2, -0.15) is 0 Å². The Morgan fingerprint density at radius 2 is 1.83 bits per heavy atom. The first-order chi connectivity index (χ1) is 14.2. The lowest BCUT2D eigenvalue weighted by molar-refractivity contribution is -0.176. The first kappa shape index (κ1) is 20.7. The van der Waals surface area contributed by atoms with E-state index in [1.165, 1.54) is 7.11 Å². The lowest BCUT2D eigenvalue weighted by Crippen LogP contribution is -2.60. The molecule has 1 aliphatic heterocycles. The van der Waals surface area contributed by atoms with Crippen molar-refractivity contribution in [2.24, 2.45) is 34.5 Å². The van der Waals surface area contributed by atoms with Gasteiger partial charge in [-0.05, 0) is 73.3 Å². The molecule has 4 fully saturated rings. The van der Waals surface area contributed by atoms with Crippen LogP contribution < -0.4 is 0 Å². The topological polar surface area (TPSA) is 69.7 Å². The zero-order chi connectivity index (χ0) is 21.5. The van der Waals surface area contributed by atoms with Crippen LogP contribution in [0.1, 0.15) is 65.2 Å². The number of methoxy groups -OCH3 is 1. The smallest absolute Gasteiger partial charge is 0.310 e. The number of alkyl halides is 1. The minimum atomic E-state index is -0.373. The average Bonchev–Trinajstić information content (AvgIpc) is 3.23. The monoisotopic (exact) mass is 478 g/mol. The third kappa shape index (κ3) is 2.49. The van der Waals surface area contributed by atoms with Crippen LogP contribution in [-0.4, -0.2) is 35.3 Å². The second-order valence-corrected chi connectivity index (χ2v) is 11.7. The van der Waals surface area contributed by atoms with Crippen molar-refractivity contribution in [2.45, 2.75) is 75.6 Å². The van der Waals surface area contributed by atoms with Gasteiger partial charge in [-0.25, -0.2) is 0 Å². The van der Waals surface area contributed by atoms with E-state index in [0.717, 1.165) is 44.1 Å². The number of rotatable bonds is 1. The van der Waals surface area contributed by atoms with Crippen molar-refractivity contribution in [3.8, 4) is 0 Å². The fraction of sp³-hybridized carbons (Fsp3) is 0.792. The molecule has 5 nitrogen and oxygen atoms in total. The molecule has 0 N–H and O–H groups in total. The van der Waals surface area contributed by atoms with Gasteiger partial charge in [0, 0.05) is 18.3 Å². The van der Waals surface area contributed by atoms with Crippen LogP contribution in [0, 0.1) is 34.5 Å². The third-order valence-electron chi connectivity index (χ3n) is 9.85. The van der Waals surface area contributed by atoms with Gasteiger partial charge in [-0.3, -0.25) is 14.4 Å². The summed E-state index contributed by atoms with van der Waals surface area (Å²) in [5.74, 6) is 0.376. The van der Waals surface area contributed by atoms with Gasteiger partial charge >= 0.3 is 11.9 Å². The van der Waals surface area contributed by atoms with Crippen LogP contribution >= 0.6 is 15.9 Å². The maximum Gasteiger partial charge on any atom is 0.310 e. The summed E-state index contributed by atoms with van der Waals surface area (Å²) in [6, 6.07) is 0. The van der Waals surface area contributed by atoms with Gasteiger partial charge in [0.15, 0.2) is 5.78 Å². The SMILES string of the molecule is COC(=O)[C@H]1[C@@H]2[C@H](CC[C@@]3(C)[C@H]2CC[C@@]32CCC(=O)O2)[C@@]2(C)CCC(=O)C=C2[C@@H]1Br. The highest BCUT2D eigenvalue weighted by molar-refractivity contribution is 9.09. The van der Waals surface area contributed by atoms with Crippen molar-refractivity contribution in [3.63, 3.8) is 0 Å². The Morgan fingerprint density at radius 3 is 2.50 bits per heavy atom. The molecule has 1 spiro atoms. The Balaban J connectivity index is 1.61. The van der Waals surface area contributed by atoms with Crippen molar-refractivity contribution < 1.29 is 23.9 Å². The van der Waals surface area contributed by atoms with Crippen molar-refractivity contribution in [3.05, 3.63) is 11.6 Å². The molecule has 0 amide bonds. The number of ketones is 1. The predicted octanol–water partition coefficient (Wildman–Crippen LogP) is 4.37. The lowest BCUT2D eigenvalue weighted by atomic mass is 9.44. The Labute approximate surface area is 186 Å². The van der Waals surface area contributed by atoms with E-state index in [1.807, 2.05) is 0 Å². The minimum absolute atomic E-state index is 0.0755. The summed E-state index contributed by atoms with van der Waals surface area (Å²) < 4.78 is 11.3. The highest BCUT2D eigenvalue weighted by Gasteiger charge is 2.70. The number of halogens is 1. The molecule has 0 aromatic rings. The number of hydrogen-bond acceptors (Lipinski definition) is 5. The maximum atomic E-state index is 13.1. The van der Waals surface area contributed by atoms with Crippen molar-refractivity contribution in [1.29, 1.82) is 0 Å². The molecule has 1 saturated heterocycles. The molecule has 5 aliphatic rings. The Morgan fingerprint density at radius 1 is 1.10 bits per heavy atom. The van der Waals surface area contributed by atoms with Gasteiger partial charge in [0.05, 0.1) is 17.9 Å². The van der Waals surface area contributed by atoms with Gasteiger partial charge in [0.1, 0.15) is 5.60 Å². The second-order valence-electron chi connectivity index (χ2n) is 10.7. The van der Waals surface area contributed by atoms with E-state index >= 15 is 0 Å². The quantitative estimate of drug-likeness (QED) is 0.413. The van der Waals surface area contributed by atoms with E-state index in [4.69, 9.17) is 9.47 Å². The van der Waals surface area contributed by atoms with Crippen LogP contribution in [0.4, 0.5) is 0 Å². The molecule has 5 rings (SSSR count). The van der Waals surface area contributed by atoms with Crippen LogP contribution in [0.2, 0.25) is 0 Å². The van der Waals surface area contributed by atoms with Gasteiger partial charge in [0.25, 0.3) is 0 Å². The molecule has 0 aromatic heterocycles. The summed E-state index contributed by atoms with van der Waals surface area (Å²) in [7, 11) is 1.46. The lowest BCUT2D eigenvalue weighted by Gasteiger charge is -2.61. The average molecular weight is 479 g/mol. The maximum absolute atomic E-state index is 13.1. The van der Waals surface area contributed by atoms with Gasteiger partial charge in [-0.1, -0.05) is 29.8 Å². The molecule has 30 heavy (non-hydrogen) atoms. The van der Waals surface area contributed by atoms with Gasteiger partial charge in [0.2, 0.25) is 0 Å². The molecular weight excluding hydrogens is 448 g/mol. The number of fused-ring (bicyclic) bond motifs is 6. The van der Waals surface area contributed by atoms with Crippen LogP contribution in [-0.2, 0) is 23.9 Å². The van der Waals surface area contributed by atoms with Crippen molar-refractivity contribution in [2.75, 3.05) is 7.11 Å². The van der Waals surface area contributed by atoms with Gasteiger partial charge < -0.3 is 9.47 Å². The molecule has 3 saturated carbocycles. The standard InChI is InChI=1S/C24H31BrO5/c1-22-8-4-13(26)12-16(22)20(25)19(21(28)29-3)18-14(22)5-9-23(2)15(18)6-10-24(23)11-7-17(27)30-24/h12,14-15,18-20H,4-11H2,1-3H3/t14-,15-,18+,19-,20-,22+,23-,24+/m0/s1. The van der Waals surface area contributed by atoms with E-state index in [2.05, 4.69) is 29.8 Å².